The first-order valence-electron chi connectivity index (χ1n) is 3.16. The summed E-state index contributed by atoms with van der Waals surface area (Å²) in [5.41, 5.74) is 0. The number of likely N-dealkylation sites (N-methyl/N-ethyl adjacent to an activating group) is 1. The molecular formula is C6H9NO4-2. The van der Waals surface area contributed by atoms with E-state index < -0.39 is 18.0 Å². The lowest BCUT2D eigenvalue weighted by molar-refractivity contribution is -0.310. The molecule has 5 nitrogen and oxygen atoms in total. The van der Waals surface area contributed by atoms with Crippen LogP contribution in [0.4, 0.5) is 0 Å². The zero-order valence-corrected chi connectivity index (χ0v) is 6.12. The average molecular weight is 159 g/mol. The molecule has 5 heteroatoms. The van der Waals surface area contributed by atoms with Gasteiger partial charge in [0, 0.05) is 12.0 Å². The number of rotatable bonds is 5. The van der Waals surface area contributed by atoms with E-state index in [1.807, 2.05) is 0 Å². The smallest absolute Gasteiger partial charge is 0.0584 e. The molecule has 0 aromatic heterocycles. The molecule has 0 saturated heterocycles. The highest BCUT2D eigenvalue weighted by atomic mass is 16.4. The summed E-state index contributed by atoms with van der Waals surface area (Å²) < 4.78 is 0. The lowest BCUT2D eigenvalue weighted by Crippen LogP contribution is -2.44. The van der Waals surface area contributed by atoms with Crippen molar-refractivity contribution in [3.05, 3.63) is 0 Å². The Morgan fingerprint density at radius 2 is 2.00 bits per heavy atom. The summed E-state index contributed by atoms with van der Waals surface area (Å²) in [5.74, 6) is -2.56. The van der Waals surface area contributed by atoms with Crippen LogP contribution >= 0.6 is 0 Å². The van der Waals surface area contributed by atoms with E-state index in [9.17, 15) is 19.8 Å². The molecule has 0 saturated carbocycles. The zero-order chi connectivity index (χ0) is 8.85. The first kappa shape index (κ1) is 9.90. The van der Waals surface area contributed by atoms with Gasteiger partial charge < -0.3 is 25.1 Å². The monoisotopic (exact) mass is 159 g/mol. The predicted molar refractivity (Wildman–Crippen MR) is 32.1 cm³/mol. The SMILES string of the molecule is CN[C@@H](CCC(=O)[O-])C(=O)[O-]. The molecule has 1 atom stereocenters. The van der Waals surface area contributed by atoms with Crippen LogP contribution in [0, 0.1) is 0 Å². The molecule has 0 heterocycles. The van der Waals surface area contributed by atoms with Gasteiger partial charge in [0.15, 0.2) is 0 Å². The highest BCUT2D eigenvalue weighted by Crippen LogP contribution is 1.93. The molecule has 0 aliphatic rings. The van der Waals surface area contributed by atoms with E-state index in [4.69, 9.17) is 0 Å². The van der Waals surface area contributed by atoms with Gasteiger partial charge >= 0.3 is 0 Å². The Hall–Kier alpha value is -1.10. The van der Waals surface area contributed by atoms with E-state index in [-0.39, 0.29) is 12.8 Å². The van der Waals surface area contributed by atoms with Crippen molar-refractivity contribution >= 4 is 11.9 Å². The molecule has 0 spiro atoms. The lowest BCUT2D eigenvalue weighted by atomic mass is 10.1. The van der Waals surface area contributed by atoms with Gasteiger partial charge in [0.05, 0.1) is 5.97 Å². The molecule has 0 aromatic rings. The van der Waals surface area contributed by atoms with Crippen LogP contribution in [0.15, 0.2) is 0 Å². The quantitative estimate of drug-likeness (QED) is 0.457. The van der Waals surface area contributed by atoms with Crippen LogP contribution in [0.3, 0.4) is 0 Å². The lowest BCUT2D eigenvalue weighted by Gasteiger charge is -2.16. The predicted octanol–water partition coefficient (Wildman–Crippen LogP) is -3.15. The van der Waals surface area contributed by atoms with Gasteiger partial charge in [-0.05, 0) is 19.9 Å². The summed E-state index contributed by atoms with van der Waals surface area (Å²) in [6.07, 6.45) is -0.291. The Bertz CT molecular complexity index is 157. The van der Waals surface area contributed by atoms with Gasteiger partial charge in [-0.2, -0.15) is 0 Å². The summed E-state index contributed by atoms with van der Waals surface area (Å²) in [7, 11) is 1.43. The molecule has 0 bridgehead atoms. The largest absolute Gasteiger partial charge is 0.550 e. The number of carboxylic acid groups (broad SMARTS) is 2. The van der Waals surface area contributed by atoms with Crippen molar-refractivity contribution in [1.82, 2.24) is 5.32 Å². The van der Waals surface area contributed by atoms with Crippen LogP contribution in [0.1, 0.15) is 12.8 Å². The number of carbonyl (C=O) groups excluding carboxylic acids is 2. The van der Waals surface area contributed by atoms with E-state index >= 15 is 0 Å². The van der Waals surface area contributed by atoms with Gasteiger partial charge in [-0.15, -0.1) is 0 Å². The second kappa shape index (κ2) is 4.68. The van der Waals surface area contributed by atoms with Crippen molar-refractivity contribution in [3.63, 3.8) is 0 Å². The topological polar surface area (TPSA) is 92.3 Å². The maximum Gasteiger partial charge on any atom is 0.0584 e. The van der Waals surface area contributed by atoms with E-state index in [0.717, 1.165) is 0 Å². The molecule has 1 N–H and O–H groups in total. The Balaban J connectivity index is 3.70. The third kappa shape index (κ3) is 4.32. The van der Waals surface area contributed by atoms with Gasteiger partial charge in [0.25, 0.3) is 0 Å². The van der Waals surface area contributed by atoms with Crippen LogP contribution in [0.5, 0.6) is 0 Å². The van der Waals surface area contributed by atoms with Crippen molar-refractivity contribution in [2.24, 2.45) is 0 Å². The molecule has 0 unspecified atom stereocenters. The molecule has 64 valence electrons. The van der Waals surface area contributed by atoms with Gasteiger partial charge in [0.2, 0.25) is 0 Å². The van der Waals surface area contributed by atoms with Gasteiger partial charge in [-0.25, -0.2) is 0 Å². The van der Waals surface area contributed by atoms with Crippen molar-refractivity contribution < 1.29 is 19.8 Å². The highest BCUT2D eigenvalue weighted by molar-refractivity contribution is 5.72. The maximum atomic E-state index is 10.2. The second-order valence-electron chi connectivity index (χ2n) is 2.07. The molecule has 0 rings (SSSR count). The summed E-state index contributed by atoms with van der Waals surface area (Å²) in [6.45, 7) is 0. The van der Waals surface area contributed by atoms with Crippen LogP contribution in [-0.2, 0) is 9.59 Å². The summed E-state index contributed by atoms with van der Waals surface area (Å²) in [5, 5.41) is 22.4. The number of carbonyl (C=O) groups is 2. The maximum absolute atomic E-state index is 10.2. The van der Waals surface area contributed by atoms with E-state index in [1.54, 1.807) is 0 Å². The Morgan fingerprint density at radius 1 is 1.45 bits per heavy atom. The molecular weight excluding hydrogens is 150 g/mol. The average Bonchev–Trinajstić information content (AvgIpc) is 1.87. The minimum absolute atomic E-state index is 0.0127. The minimum atomic E-state index is -1.30. The fraction of sp³-hybridized carbons (Fsp3) is 0.667. The molecule has 11 heavy (non-hydrogen) atoms. The van der Waals surface area contributed by atoms with Crippen molar-refractivity contribution in [2.75, 3.05) is 7.05 Å². The molecule has 0 aliphatic heterocycles. The third-order valence-electron chi connectivity index (χ3n) is 1.27. The summed E-state index contributed by atoms with van der Waals surface area (Å²) in [6, 6.07) is -0.909. The molecule has 0 fully saturated rings. The van der Waals surface area contributed by atoms with Gasteiger partial charge in [0.1, 0.15) is 0 Å². The van der Waals surface area contributed by atoms with E-state index in [2.05, 4.69) is 5.32 Å². The standard InChI is InChI=1S/C6H11NO4/c1-7-4(6(10)11)2-3-5(8)9/h4,7H,2-3H2,1H3,(H,8,9)(H,10,11)/p-2/t4-/m0/s1. The third-order valence-corrected chi connectivity index (χ3v) is 1.27. The number of carboxylic acids is 2. The number of aliphatic carboxylic acids is 2. The normalized spacial score (nSPS) is 12.5. The molecule has 0 amide bonds. The fourth-order valence-electron chi connectivity index (χ4n) is 0.642. The fourth-order valence-corrected chi connectivity index (χ4v) is 0.642. The first-order chi connectivity index (χ1) is 5.07. The van der Waals surface area contributed by atoms with Crippen LogP contribution in [0.2, 0.25) is 0 Å². The number of hydrogen-bond acceptors (Lipinski definition) is 5. The van der Waals surface area contributed by atoms with Crippen LogP contribution in [0.25, 0.3) is 0 Å². The zero-order valence-electron chi connectivity index (χ0n) is 6.12. The first-order valence-corrected chi connectivity index (χ1v) is 3.16. The second-order valence-corrected chi connectivity index (χ2v) is 2.07. The van der Waals surface area contributed by atoms with E-state index in [0.29, 0.717) is 0 Å². The Morgan fingerprint density at radius 3 is 2.27 bits per heavy atom. The summed E-state index contributed by atoms with van der Waals surface area (Å²) >= 11 is 0. The van der Waals surface area contributed by atoms with Gasteiger partial charge in [-0.3, -0.25) is 0 Å². The van der Waals surface area contributed by atoms with E-state index in [1.165, 1.54) is 7.05 Å². The van der Waals surface area contributed by atoms with Crippen molar-refractivity contribution in [2.45, 2.75) is 18.9 Å². The molecule has 0 aromatic carbocycles. The van der Waals surface area contributed by atoms with Crippen LogP contribution < -0.4 is 15.5 Å². The van der Waals surface area contributed by atoms with Crippen LogP contribution in [-0.4, -0.2) is 25.0 Å². The highest BCUT2D eigenvalue weighted by Gasteiger charge is 2.05. The Labute approximate surface area is 64.0 Å². The van der Waals surface area contributed by atoms with Crippen molar-refractivity contribution in [3.8, 4) is 0 Å². The molecule has 0 aliphatic carbocycles. The minimum Gasteiger partial charge on any atom is -0.550 e. The van der Waals surface area contributed by atoms with Crippen molar-refractivity contribution in [1.29, 1.82) is 0 Å². The van der Waals surface area contributed by atoms with Gasteiger partial charge in [-0.1, -0.05) is 0 Å². The molecule has 0 radical (unpaired) electrons. The Kier molecular flexibility index (Phi) is 4.21. The number of hydrogen-bond donors (Lipinski definition) is 1. The summed E-state index contributed by atoms with van der Waals surface area (Å²) in [4.78, 5) is 20.0. The number of nitrogens with one attached hydrogen (secondary N) is 1.